The first-order chi connectivity index (χ1) is 7.69. The highest BCUT2D eigenvalue weighted by Gasteiger charge is 2.13. The van der Waals surface area contributed by atoms with Crippen LogP contribution < -0.4 is 5.32 Å². The van der Waals surface area contributed by atoms with Crippen LogP contribution in [0.25, 0.3) is 0 Å². The number of hydrogen-bond acceptors (Lipinski definition) is 2. The number of nitrogens with one attached hydrogen (secondary N) is 1. The number of hydrogen-bond donors (Lipinski definition) is 1. The van der Waals surface area contributed by atoms with Crippen LogP contribution in [0.3, 0.4) is 0 Å². The summed E-state index contributed by atoms with van der Waals surface area (Å²) in [6.07, 6.45) is 8.41. The van der Waals surface area contributed by atoms with Gasteiger partial charge in [-0.1, -0.05) is 6.92 Å². The number of unbranched alkanes of at least 4 members (excludes halogenated alkanes) is 1. The molecule has 2 heteroatoms. The number of rotatable bonds is 6. The maximum absolute atomic E-state index is 5.29. The van der Waals surface area contributed by atoms with E-state index in [1.807, 2.05) is 11.3 Å². The van der Waals surface area contributed by atoms with Gasteiger partial charge in [0.25, 0.3) is 0 Å². The van der Waals surface area contributed by atoms with E-state index in [4.69, 9.17) is 6.42 Å². The Morgan fingerprint density at radius 3 is 2.75 bits per heavy atom. The molecule has 1 atom stereocenters. The van der Waals surface area contributed by atoms with Gasteiger partial charge in [-0.2, -0.15) is 0 Å². The largest absolute Gasteiger partial charge is 0.310 e. The first-order valence-corrected chi connectivity index (χ1v) is 6.74. The zero-order valence-electron chi connectivity index (χ0n) is 10.5. The number of terminal acetylenes is 1. The second-order valence-corrected chi connectivity index (χ2v) is 5.38. The lowest BCUT2D eigenvalue weighted by Gasteiger charge is -2.15. The second kappa shape index (κ2) is 6.73. The Morgan fingerprint density at radius 2 is 2.25 bits per heavy atom. The van der Waals surface area contributed by atoms with Gasteiger partial charge in [0.05, 0.1) is 0 Å². The van der Waals surface area contributed by atoms with Crippen LogP contribution >= 0.6 is 11.3 Å². The molecule has 1 heterocycles. The molecule has 0 saturated heterocycles. The molecule has 0 amide bonds. The summed E-state index contributed by atoms with van der Waals surface area (Å²) in [7, 11) is 0. The van der Waals surface area contributed by atoms with Gasteiger partial charge in [0.15, 0.2) is 0 Å². The van der Waals surface area contributed by atoms with Gasteiger partial charge >= 0.3 is 0 Å². The van der Waals surface area contributed by atoms with Crippen LogP contribution in [-0.4, -0.2) is 6.54 Å². The number of thiophene rings is 1. The normalized spacial score (nSPS) is 12.4. The predicted octanol–water partition coefficient (Wildman–Crippen LogP) is 3.82. The van der Waals surface area contributed by atoms with E-state index in [1.165, 1.54) is 15.3 Å². The second-order valence-electron chi connectivity index (χ2n) is 4.09. The lowest BCUT2D eigenvalue weighted by Crippen LogP contribution is -2.19. The van der Waals surface area contributed by atoms with Crippen molar-refractivity contribution in [1.29, 1.82) is 0 Å². The zero-order chi connectivity index (χ0) is 12.0. The van der Waals surface area contributed by atoms with Crippen LogP contribution in [0.2, 0.25) is 0 Å². The molecule has 0 aliphatic heterocycles. The smallest absolute Gasteiger partial charge is 0.0415 e. The van der Waals surface area contributed by atoms with E-state index in [0.717, 1.165) is 25.8 Å². The minimum absolute atomic E-state index is 0.482. The topological polar surface area (TPSA) is 12.0 Å². The molecule has 0 saturated carbocycles. The Labute approximate surface area is 103 Å². The Morgan fingerprint density at radius 1 is 1.50 bits per heavy atom. The molecule has 0 bridgehead atoms. The lowest BCUT2D eigenvalue weighted by atomic mass is 10.1. The molecule has 1 nitrogen and oxygen atoms in total. The van der Waals surface area contributed by atoms with Gasteiger partial charge in [0.1, 0.15) is 0 Å². The minimum atomic E-state index is 0.482. The van der Waals surface area contributed by atoms with Gasteiger partial charge < -0.3 is 5.32 Å². The van der Waals surface area contributed by atoms with E-state index in [2.05, 4.69) is 38.1 Å². The Bertz CT molecular complexity index is 340. The highest BCUT2D eigenvalue weighted by molar-refractivity contribution is 7.12. The third-order valence-electron chi connectivity index (χ3n) is 2.79. The van der Waals surface area contributed by atoms with Crippen LogP contribution in [0.5, 0.6) is 0 Å². The molecular weight excluding hydrogens is 214 g/mol. The highest BCUT2D eigenvalue weighted by atomic mass is 32.1. The summed E-state index contributed by atoms with van der Waals surface area (Å²) in [5, 5.41) is 3.54. The van der Waals surface area contributed by atoms with Crippen molar-refractivity contribution < 1.29 is 0 Å². The summed E-state index contributed by atoms with van der Waals surface area (Å²) in [5.41, 5.74) is 1.40. The monoisotopic (exact) mass is 235 g/mol. The Balaban J connectivity index is 2.65. The van der Waals surface area contributed by atoms with Gasteiger partial charge in [-0.25, -0.2) is 0 Å². The van der Waals surface area contributed by atoms with E-state index in [1.54, 1.807) is 0 Å². The molecule has 0 fully saturated rings. The quantitative estimate of drug-likeness (QED) is 0.584. The van der Waals surface area contributed by atoms with Crippen LogP contribution in [0.4, 0.5) is 0 Å². The molecule has 0 aliphatic rings. The third-order valence-corrected chi connectivity index (χ3v) is 4.06. The van der Waals surface area contributed by atoms with E-state index in [-0.39, 0.29) is 0 Å². The van der Waals surface area contributed by atoms with Crippen molar-refractivity contribution in [3.63, 3.8) is 0 Å². The summed E-state index contributed by atoms with van der Waals surface area (Å²) in [4.78, 5) is 2.88. The van der Waals surface area contributed by atoms with E-state index in [9.17, 15) is 0 Å². The first-order valence-electron chi connectivity index (χ1n) is 5.92. The fourth-order valence-electron chi connectivity index (χ4n) is 1.77. The Hall–Kier alpha value is -0.780. The van der Waals surface area contributed by atoms with Gasteiger partial charge in [-0.05, 0) is 44.9 Å². The molecule has 1 unspecified atom stereocenters. The molecular formula is C14H21NS. The van der Waals surface area contributed by atoms with E-state index in [0.29, 0.717) is 6.04 Å². The van der Waals surface area contributed by atoms with Gasteiger partial charge in [-0.15, -0.1) is 23.7 Å². The van der Waals surface area contributed by atoms with Crippen molar-refractivity contribution in [3.05, 3.63) is 21.4 Å². The molecule has 1 aromatic heterocycles. The van der Waals surface area contributed by atoms with Crippen LogP contribution in [0.1, 0.15) is 47.5 Å². The van der Waals surface area contributed by atoms with E-state index < -0.39 is 0 Å². The molecule has 0 aliphatic carbocycles. The summed E-state index contributed by atoms with van der Waals surface area (Å²) in [6.45, 7) is 7.53. The summed E-state index contributed by atoms with van der Waals surface area (Å²) < 4.78 is 0. The molecule has 88 valence electrons. The maximum Gasteiger partial charge on any atom is 0.0415 e. The van der Waals surface area contributed by atoms with Crippen molar-refractivity contribution in [2.24, 2.45) is 0 Å². The third kappa shape index (κ3) is 3.66. The van der Waals surface area contributed by atoms with Gasteiger partial charge in [0.2, 0.25) is 0 Å². The lowest BCUT2D eigenvalue weighted by molar-refractivity contribution is 0.509. The van der Waals surface area contributed by atoms with Crippen molar-refractivity contribution in [2.75, 3.05) is 6.54 Å². The predicted molar refractivity (Wildman–Crippen MR) is 72.9 cm³/mol. The first kappa shape index (κ1) is 13.3. The average molecular weight is 235 g/mol. The molecule has 16 heavy (non-hydrogen) atoms. The van der Waals surface area contributed by atoms with Crippen LogP contribution in [0, 0.1) is 26.2 Å². The number of aryl methyl sites for hydroxylation is 2. The van der Waals surface area contributed by atoms with Gasteiger partial charge in [-0.3, -0.25) is 0 Å². The molecule has 1 aromatic rings. The van der Waals surface area contributed by atoms with Crippen LogP contribution in [0.15, 0.2) is 6.07 Å². The highest BCUT2D eigenvalue weighted by Crippen LogP contribution is 2.29. The van der Waals surface area contributed by atoms with Crippen molar-refractivity contribution >= 4 is 11.3 Å². The summed E-state index contributed by atoms with van der Waals surface area (Å²) >= 11 is 1.91. The fraction of sp³-hybridized carbons (Fsp3) is 0.571. The maximum atomic E-state index is 5.29. The Kier molecular flexibility index (Phi) is 5.59. The standard InChI is InChI=1S/C14H21NS/c1-5-7-8-9-13(15-6-2)14-10-11(3)12(4)16-14/h1,10,13,15H,6-9H2,2-4H3. The van der Waals surface area contributed by atoms with Gasteiger partial charge in [0, 0.05) is 22.2 Å². The van der Waals surface area contributed by atoms with Crippen molar-refractivity contribution in [2.45, 2.75) is 46.1 Å². The van der Waals surface area contributed by atoms with Crippen LogP contribution in [-0.2, 0) is 0 Å². The fourth-order valence-corrected chi connectivity index (χ4v) is 2.93. The molecule has 0 aromatic carbocycles. The minimum Gasteiger partial charge on any atom is -0.310 e. The summed E-state index contributed by atoms with van der Waals surface area (Å²) in [6, 6.07) is 2.79. The molecule has 1 N–H and O–H groups in total. The van der Waals surface area contributed by atoms with E-state index >= 15 is 0 Å². The molecule has 0 radical (unpaired) electrons. The SMILES string of the molecule is C#CCCCC(NCC)c1cc(C)c(C)s1. The zero-order valence-corrected chi connectivity index (χ0v) is 11.3. The van der Waals surface area contributed by atoms with Crippen molar-refractivity contribution in [3.8, 4) is 12.3 Å². The van der Waals surface area contributed by atoms with Crippen molar-refractivity contribution in [1.82, 2.24) is 5.32 Å². The molecule has 1 rings (SSSR count). The summed E-state index contributed by atoms with van der Waals surface area (Å²) in [5.74, 6) is 2.71. The molecule has 0 spiro atoms. The average Bonchev–Trinajstić information content (AvgIpc) is 2.58.